The maximum atomic E-state index is 13.4. The van der Waals surface area contributed by atoms with Crippen LogP contribution >= 0.6 is 11.3 Å². The fourth-order valence-electron chi connectivity index (χ4n) is 4.68. The molecule has 150 valence electrons. The second-order valence-corrected chi connectivity index (χ2v) is 9.36. The van der Waals surface area contributed by atoms with Crippen LogP contribution in [0.5, 0.6) is 0 Å². The van der Waals surface area contributed by atoms with Gasteiger partial charge in [-0.2, -0.15) is 0 Å². The lowest BCUT2D eigenvalue weighted by Gasteiger charge is -2.29. The number of amides is 2. The predicted molar refractivity (Wildman–Crippen MR) is 119 cm³/mol. The second kappa shape index (κ2) is 7.06. The molecule has 29 heavy (non-hydrogen) atoms. The van der Waals surface area contributed by atoms with Crippen molar-refractivity contribution in [3.63, 3.8) is 0 Å². The Labute approximate surface area is 176 Å². The minimum atomic E-state index is -0.0254. The van der Waals surface area contributed by atoms with Crippen molar-refractivity contribution >= 4 is 23.1 Å². The Bertz CT molecular complexity index is 1090. The summed E-state index contributed by atoms with van der Waals surface area (Å²) >= 11 is 1.93. The van der Waals surface area contributed by atoms with Gasteiger partial charge < -0.3 is 14.8 Å². The van der Waals surface area contributed by atoms with Crippen LogP contribution in [0.25, 0.3) is 5.00 Å². The van der Waals surface area contributed by atoms with Gasteiger partial charge in [-0.25, -0.2) is 4.79 Å². The first-order valence-electron chi connectivity index (χ1n) is 10.5. The molecule has 5 rings (SSSR count). The standard InChI is InChI=1S/C24H27N3OS/c1-15-8-6-10-20(16(15)2)25-24(28)27-14-19-18-9-4-5-12-22(18)29-23(19)26-13-7-11-21(26)17(27)3/h6-8,10-11,13,17H,4-5,9,12,14H2,1-3H3,(H,25,28)/t17-/m0/s1. The first-order valence-corrected chi connectivity index (χ1v) is 11.3. The number of fused-ring (bicyclic) bond motifs is 5. The van der Waals surface area contributed by atoms with E-state index in [0.29, 0.717) is 6.54 Å². The fourth-order valence-corrected chi connectivity index (χ4v) is 6.09. The molecule has 5 heteroatoms. The molecule has 3 aromatic rings. The van der Waals surface area contributed by atoms with Gasteiger partial charge in [0.1, 0.15) is 5.00 Å². The highest BCUT2D eigenvalue weighted by Crippen LogP contribution is 2.42. The molecular formula is C24H27N3OS. The van der Waals surface area contributed by atoms with Crippen LogP contribution in [0.4, 0.5) is 10.5 Å². The Morgan fingerprint density at radius 2 is 1.93 bits per heavy atom. The van der Waals surface area contributed by atoms with Gasteiger partial charge in [0.05, 0.1) is 12.6 Å². The third kappa shape index (κ3) is 2.99. The molecule has 0 radical (unpaired) electrons. The zero-order valence-corrected chi connectivity index (χ0v) is 18.1. The van der Waals surface area contributed by atoms with E-state index in [9.17, 15) is 4.79 Å². The molecule has 1 atom stereocenters. The average molecular weight is 406 g/mol. The molecule has 2 aliphatic rings. The molecule has 0 saturated carbocycles. The Kier molecular flexibility index (Phi) is 4.50. The summed E-state index contributed by atoms with van der Waals surface area (Å²) in [6, 6.07) is 10.3. The number of anilines is 1. The summed E-state index contributed by atoms with van der Waals surface area (Å²) < 4.78 is 2.31. The minimum Gasteiger partial charge on any atom is -0.312 e. The zero-order valence-electron chi connectivity index (χ0n) is 17.3. The van der Waals surface area contributed by atoms with Crippen LogP contribution in [-0.2, 0) is 19.4 Å². The van der Waals surface area contributed by atoms with E-state index in [1.807, 2.05) is 28.4 Å². The summed E-state index contributed by atoms with van der Waals surface area (Å²) in [5.41, 5.74) is 7.24. The number of benzene rings is 1. The highest BCUT2D eigenvalue weighted by atomic mass is 32.1. The molecular weight excluding hydrogens is 378 g/mol. The van der Waals surface area contributed by atoms with Crippen molar-refractivity contribution in [3.05, 3.63) is 69.4 Å². The first-order chi connectivity index (χ1) is 14.0. The average Bonchev–Trinajstić information content (AvgIpc) is 3.31. The van der Waals surface area contributed by atoms with Gasteiger partial charge in [-0.15, -0.1) is 11.3 Å². The molecule has 0 spiro atoms. The molecule has 0 fully saturated rings. The van der Waals surface area contributed by atoms with E-state index in [4.69, 9.17) is 0 Å². The molecule has 0 unspecified atom stereocenters. The molecule has 3 heterocycles. The summed E-state index contributed by atoms with van der Waals surface area (Å²) in [5, 5.41) is 4.50. The fraction of sp³-hybridized carbons (Fsp3) is 0.375. The molecule has 1 aliphatic carbocycles. The number of hydrogen-bond acceptors (Lipinski definition) is 2. The van der Waals surface area contributed by atoms with Gasteiger partial charge in [0.2, 0.25) is 0 Å². The van der Waals surface area contributed by atoms with Crippen molar-refractivity contribution < 1.29 is 4.79 Å². The van der Waals surface area contributed by atoms with Gasteiger partial charge >= 0.3 is 6.03 Å². The maximum Gasteiger partial charge on any atom is 0.322 e. The zero-order chi connectivity index (χ0) is 20.1. The van der Waals surface area contributed by atoms with Gasteiger partial charge in [-0.05, 0) is 81.3 Å². The number of nitrogens with one attached hydrogen (secondary N) is 1. The monoisotopic (exact) mass is 405 g/mol. The van der Waals surface area contributed by atoms with Crippen LogP contribution in [0, 0.1) is 13.8 Å². The third-order valence-corrected chi connectivity index (χ3v) is 7.92. The third-order valence-electron chi connectivity index (χ3n) is 6.59. The quantitative estimate of drug-likeness (QED) is 0.518. The van der Waals surface area contributed by atoms with Crippen molar-refractivity contribution in [2.45, 2.75) is 59.0 Å². The van der Waals surface area contributed by atoms with Crippen LogP contribution in [0.3, 0.4) is 0 Å². The number of rotatable bonds is 1. The molecule has 1 N–H and O–H groups in total. The van der Waals surface area contributed by atoms with Crippen molar-refractivity contribution in [2.75, 3.05) is 5.32 Å². The van der Waals surface area contributed by atoms with Gasteiger partial charge in [0.15, 0.2) is 0 Å². The maximum absolute atomic E-state index is 13.4. The number of nitrogens with zero attached hydrogens (tertiary/aromatic N) is 2. The lowest BCUT2D eigenvalue weighted by molar-refractivity contribution is 0.189. The van der Waals surface area contributed by atoms with Crippen LogP contribution in [0.2, 0.25) is 0 Å². The molecule has 1 aromatic carbocycles. The van der Waals surface area contributed by atoms with Crippen LogP contribution in [0.15, 0.2) is 36.5 Å². The highest BCUT2D eigenvalue weighted by molar-refractivity contribution is 7.15. The van der Waals surface area contributed by atoms with E-state index >= 15 is 0 Å². The molecule has 4 nitrogen and oxygen atoms in total. The van der Waals surface area contributed by atoms with Crippen LogP contribution < -0.4 is 5.32 Å². The first kappa shape index (κ1) is 18.5. The van der Waals surface area contributed by atoms with E-state index in [0.717, 1.165) is 17.7 Å². The number of urea groups is 1. The number of carbonyl (C=O) groups is 1. The molecule has 0 bridgehead atoms. The number of hydrogen-bond donors (Lipinski definition) is 1. The Hall–Kier alpha value is -2.53. The molecule has 1 aliphatic heterocycles. The summed E-state index contributed by atoms with van der Waals surface area (Å²) in [7, 11) is 0. The summed E-state index contributed by atoms with van der Waals surface area (Å²) in [6.45, 7) is 6.95. The SMILES string of the molecule is Cc1cccc(NC(=O)N2Cc3c(sc4c3CCCC4)-n3cccc3[C@@H]2C)c1C. The van der Waals surface area contributed by atoms with Gasteiger partial charge in [-0.3, -0.25) is 0 Å². The van der Waals surface area contributed by atoms with Gasteiger partial charge in [0.25, 0.3) is 0 Å². The van der Waals surface area contributed by atoms with E-state index in [1.54, 1.807) is 0 Å². The summed E-state index contributed by atoms with van der Waals surface area (Å²) in [5.74, 6) is 0. The smallest absolute Gasteiger partial charge is 0.312 e. The Balaban J connectivity index is 1.55. The van der Waals surface area contributed by atoms with Gasteiger partial charge in [0, 0.05) is 28.0 Å². The molecule has 2 amide bonds. The van der Waals surface area contributed by atoms with E-state index in [2.05, 4.69) is 55.1 Å². The van der Waals surface area contributed by atoms with Crippen LogP contribution in [0.1, 0.15) is 58.6 Å². The second-order valence-electron chi connectivity index (χ2n) is 8.28. The topological polar surface area (TPSA) is 37.3 Å². The van der Waals surface area contributed by atoms with Gasteiger partial charge in [-0.1, -0.05) is 12.1 Å². The normalized spacial score (nSPS) is 17.9. The van der Waals surface area contributed by atoms with E-state index < -0.39 is 0 Å². The van der Waals surface area contributed by atoms with Crippen molar-refractivity contribution in [1.82, 2.24) is 9.47 Å². The molecule has 2 aromatic heterocycles. The van der Waals surface area contributed by atoms with Crippen molar-refractivity contribution in [3.8, 4) is 5.00 Å². The lowest BCUT2D eigenvalue weighted by atomic mass is 9.95. The number of aryl methyl sites for hydroxylation is 2. The number of aromatic nitrogens is 1. The van der Waals surface area contributed by atoms with E-state index in [1.165, 1.54) is 51.5 Å². The highest BCUT2D eigenvalue weighted by Gasteiger charge is 2.33. The van der Waals surface area contributed by atoms with Crippen molar-refractivity contribution in [2.24, 2.45) is 0 Å². The minimum absolute atomic E-state index is 0.00829. The van der Waals surface area contributed by atoms with E-state index in [-0.39, 0.29) is 12.1 Å². The van der Waals surface area contributed by atoms with Crippen LogP contribution in [-0.4, -0.2) is 15.5 Å². The number of carbonyl (C=O) groups excluding carboxylic acids is 1. The van der Waals surface area contributed by atoms with Crippen molar-refractivity contribution in [1.29, 1.82) is 0 Å². The Morgan fingerprint density at radius 3 is 2.79 bits per heavy atom. The predicted octanol–water partition coefficient (Wildman–Crippen LogP) is 6.14. The molecule has 0 saturated heterocycles. The lowest BCUT2D eigenvalue weighted by Crippen LogP contribution is -2.36. The Morgan fingerprint density at radius 1 is 1.10 bits per heavy atom. The largest absolute Gasteiger partial charge is 0.322 e. The number of thiophene rings is 1. The summed E-state index contributed by atoms with van der Waals surface area (Å²) in [4.78, 5) is 17.0. The summed E-state index contributed by atoms with van der Waals surface area (Å²) in [6.07, 6.45) is 6.99.